The minimum absolute atomic E-state index is 0.0296. The number of pyridine rings is 1. The molecule has 0 aliphatic rings. The van der Waals surface area contributed by atoms with Crippen LogP contribution in [0.15, 0.2) is 27.9 Å². The van der Waals surface area contributed by atoms with Crippen LogP contribution < -0.4 is 0 Å². The van der Waals surface area contributed by atoms with Crippen molar-refractivity contribution < 1.29 is 22.8 Å². The summed E-state index contributed by atoms with van der Waals surface area (Å²) >= 11 is 0.186. The fraction of sp³-hybridized carbons (Fsp3) is 0.333. The number of rotatable bonds is 6. The summed E-state index contributed by atoms with van der Waals surface area (Å²) in [6.45, 7) is 1.63. The van der Waals surface area contributed by atoms with Crippen molar-refractivity contribution in [1.29, 1.82) is 0 Å². The third kappa shape index (κ3) is 4.22. The van der Waals surface area contributed by atoms with E-state index in [-0.39, 0.29) is 34.8 Å². The van der Waals surface area contributed by atoms with Crippen LogP contribution in [0.4, 0.5) is 8.78 Å². The average Bonchev–Trinajstić information content (AvgIpc) is 2.93. The van der Waals surface area contributed by atoms with E-state index in [0.717, 1.165) is 0 Å². The topological polar surface area (TPSA) is 78.1 Å². The van der Waals surface area contributed by atoms with Gasteiger partial charge in [0.2, 0.25) is 0 Å². The van der Waals surface area contributed by atoms with Crippen molar-refractivity contribution in [3.8, 4) is 0 Å². The van der Waals surface area contributed by atoms with Crippen LogP contribution in [0.3, 0.4) is 0 Å². The van der Waals surface area contributed by atoms with E-state index >= 15 is 0 Å². The maximum Gasteiger partial charge on any atom is 0.341 e. The third-order valence-corrected chi connectivity index (χ3v) is 3.07. The molecule has 0 radical (unpaired) electrons. The zero-order chi connectivity index (χ0) is 15.2. The summed E-state index contributed by atoms with van der Waals surface area (Å²) in [6, 6.07) is 2.83. The van der Waals surface area contributed by atoms with Gasteiger partial charge in [-0.25, -0.2) is 9.78 Å². The molecular weight excluding hydrogens is 304 g/mol. The molecule has 0 bridgehead atoms. The van der Waals surface area contributed by atoms with Gasteiger partial charge in [-0.15, -0.1) is 0 Å². The maximum atomic E-state index is 12.4. The zero-order valence-electron chi connectivity index (χ0n) is 11.0. The number of aryl methyl sites for hydroxylation is 1. The summed E-state index contributed by atoms with van der Waals surface area (Å²) in [6.07, 6.45) is 1.92. The van der Waals surface area contributed by atoms with Crippen LogP contribution in [0, 0.1) is 0 Å². The minimum atomic E-state index is -2.67. The van der Waals surface area contributed by atoms with Crippen LogP contribution >= 0.6 is 11.8 Å². The molecule has 0 amide bonds. The number of carbonyl (C=O) groups excluding carboxylic acids is 1. The highest BCUT2D eigenvalue weighted by molar-refractivity contribution is 7.99. The lowest BCUT2D eigenvalue weighted by atomic mass is 10.3. The Morgan fingerprint density at radius 3 is 3.00 bits per heavy atom. The molecule has 0 atom stereocenters. The summed E-state index contributed by atoms with van der Waals surface area (Å²) in [5.74, 6) is -2.81. The van der Waals surface area contributed by atoms with Crippen LogP contribution in [-0.4, -0.2) is 26.9 Å². The standard InChI is InChI=1S/C12H11F2N3O3S/c1-2-8-16-9(20-17-8)6-19-11(18)7-4-3-5-15-10(7)21-12(13)14/h3-5,12H,2,6H2,1H3. The number of nitrogens with zero attached hydrogens (tertiary/aromatic N) is 3. The van der Waals surface area contributed by atoms with Gasteiger partial charge in [0.25, 0.3) is 11.6 Å². The van der Waals surface area contributed by atoms with Gasteiger partial charge in [-0.3, -0.25) is 0 Å². The number of halogens is 2. The SMILES string of the molecule is CCc1noc(COC(=O)c2cccnc2SC(F)F)n1. The number of hydrogen-bond acceptors (Lipinski definition) is 7. The Hall–Kier alpha value is -2.03. The summed E-state index contributed by atoms with van der Waals surface area (Å²) in [5, 5.41) is 3.56. The van der Waals surface area contributed by atoms with E-state index in [4.69, 9.17) is 9.26 Å². The molecule has 0 aliphatic heterocycles. The number of alkyl halides is 2. The monoisotopic (exact) mass is 315 g/mol. The van der Waals surface area contributed by atoms with E-state index in [0.29, 0.717) is 12.2 Å². The van der Waals surface area contributed by atoms with Crippen LogP contribution in [0.5, 0.6) is 0 Å². The first-order chi connectivity index (χ1) is 10.1. The van der Waals surface area contributed by atoms with E-state index in [9.17, 15) is 13.6 Å². The summed E-state index contributed by atoms with van der Waals surface area (Å²) in [5.41, 5.74) is -0.0296. The van der Waals surface area contributed by atoms with Crippen molar-refractivity contribution in [2.24, 2.45) is 0 Å². The highest BCUT2D eigenvalue weighted by Gasteiger charge is 2.18. The Balaban J connectivity index is 2.03. The quantitative estimate of drug-likeness (QED) is 0.599. The van der Waals surface area contributed by atoms with Gasteiger partial charge in [0.15, 0.2) is 12.4 Å². The number of carbonyl (C=O) groups is 1. The molecule has 2 aromatic rings. The normalized spacial score (nSPS) is 10.9. The smallest absolute Gasteiger partial charge is 0.341 e. The molecule has 0 aromatic carbocycles. The Morgan fingerprint density at radius 2 is 2.33 bits per heavy atom. The second kappa shape index (κ2) is 7.11. The van der Waals surface area contributed by atoms with Crippen molar-refractivity contribution in [3.05, 3.63) is 35.6 Å². The molecule has 0 N–H and O–H groups in total. The molecule has 6 nitrogen and oxygen atoms in total. The summed E-state index contributed by atoms with van der Waals surface area (Å²) in [7, 11) is 0. The van der Waals surface area contributed by atoms with Gasteiger partial charge in [-0.05, 0) is 23.9 Å². The highest BCUT2D eigenvalue weighted by atomic mass is 32.2. The Morgan fingerprint density at radius 1 is 1.52 bits per heavy atom. The third-order valence-electron chi connectivity index (χ3n) is 2.34. The molecule has 0 spiro atoms. The Kier molecular flexibility index (Phi) is 5.20. The van der Waals surface area contributed by atoms with E-state index < -0.39 is 11.7 Å². The molecular formula is C12H11F2N3O3S. The fourth-order valence-electron chi connectivity index (χ4n) is 1.42. The molecule has 0 fully saturated rings. The molecule has 0 aliphatic carbocycles. The van der Waals surface area contributed by atoms with Gasteiger partial charge in [0.05, 0.1) is 5.56 Å². The van der Waals surface area contributed by atoms with Gasteiger partial charge >= 0.3 is 5.97 Å². The fourth-order valence-corrected chi connectivity index (χ4v) is 1.99. The minimum Gasteiger partial charge on any atom is -0.452 e. The van der Waals surface area contributed by atoms with Crippen molar-refractivity contribution in [2.75, 3.05) is 0 Å². The zero-order valence-corrected chi connectivity index (χ0v) is 11.8. The molecule has 9 heteroatoms. The predicted molar refractivity (Wildman–Crippen MR) is 68.9 cm³/mol. The van der Waals surface area contributed by atoms with Crippen LogP contribution in [0.2, 0.25) is 0 Å². The average molecular weight is 315 g/mol. The van der Waals surface area contributed by atoms with E-state index in [1.807, 2.05) is 6.92 Å². The first-order valence-corrected chi connectivity index (χ1v) is 6.86. The largest absolute Gasteiger partial charge is 0.452 e. The second-order valence-electron chi connectivity index (χ2n) is 3.77. The number of thioether (sulfide) groups is 1. The Bertz CT molecular complexity index is 621. The number of hydrogen-bond donors (Lipinski definition) is 0. The second-order valence-corrected chi connectivity index (χ2v) is 4.75. The van der Waals surface area contributed by atoms with Crippen molar-refractivity contribution in [1.82, 2.24) is 15.1 Å². The van der Waals surface area contributed by atoms with E-state index in [1.165, 1.54) is 18.3 Å². The van der Waals surface area contributed by atoms with Crippen molar-refractivity contribution in [2.45, 2.75) is 30.7 Å². The summed E-state index contributed by atoms with van der Waals surface area (Å²) in [4.78, 5) is 19.6. The number of aromatic nitrogens is 3. The lowest BCUT2D eigenvalue weighted by molar-refractivity contribution is 0.0424. The molecule has 2 aromatic heterocycles. The molecule has 0 unspecified atom stereocenters. The van der Waals surface area contributed by atoms with Gasteiger partial charge in [0.1, 0.15) is 5.03 Å². The molecule has 2 rings (SSSR count). The molecule has 112 valence electrons. The van der Waals surface area contributed by atoms with Crippen molar-refractivity contribution >= 4 is 17.7 Å². The number of esters is 1. The molecule has 2 heterocycles. The molecule has 0 saturated carbocycles. The Labute approximate surface area is 122 Å². The van der Waals surface area contributed by atoms with Gasteiger partial charge in [-0.1, -0.05) is 12.1 Å². The summed E-state index contributed by atoms with van der Waals surface area (Å²) < 4.78 is 34.6. The number of ether oxygens (including phenoxy) is 1. The van der Waals surface area contributed by atoms with Crippen LogP contribution in [0.25, 0.3) is 0 Å². The van der Waals surface area contributed by atoms with Crippen LogP contribution in [-0.2, 0) is 17.8 Å². The first-order valence-electron chi connectivity index (χ1n) is 5.98. The lowest BCUT2D eigenvalue weighted by Gasteiger charge is -2.06. The predicted octanol–water partition coefficient (Wildman–Crippen LogP) is 2.70. The van der Waals surface area contributed by atoms with Gasteiger partial charge in [0, 0.05) is 12.6 Å². The van der Waals surface area contributed by atoms with E-state index in [2.05, 4.69) is 15.1 Å². The maximum absolute atomic E-state index is 12.4. The first kappa shape index (κ1) is 15.4. The van der Waals surface area contributed by atoms with Crippen LogP contribution in [0.1, 0.15) is 29.0 Å². The van der Waals surface area contributed by atoms with E-state index in [1.54, 1.807) is 0 Å². The van der Waals surface area contributed by atoms with Crippen molar-refractivity contribution in [3.63, 3.8) is 0 Å². The molecule has 21 heavy (non-hydrogen) atoms. The highest BCUT2D eigenvalue weighted by Crippen LogP contribution is 2.26. The molecule has 0 saturated heterocycles. The van der Waals surface area contributed by atoms with Gasteiger partial charge in [-0.2, -0.15) is 13.8 Å². The van der Waals surface area contributed by atoms with Gasteiger partial charge < -0.3 is 9.26 Å². The lowest BCUT2D eigenvalue weighted by Crippen LogP contribution is -2.08.